The summed E-state index contributed by atoms with van der Waals surface area (Å²) in [4.78, 5) is 38.8. The van der Waals surface area contributed by atoms with Crippen molar-refractivity contribution in [1.29, 1.82) is 0 Å². The highest BCUT2D eigenvalue weighted by atomic mass is 16.5. The molecule has 1 atom stereocenters. The molecule has 0 bridgehead atoms. The average Bonchev–Trinajstić information content (AvgIpc) is 2.91. The van der Waals surface area contributed by atoms with E-state index in [2.05, 4.69) is 0 Å². The van der Waals surface area contributed by atoms with Crippen LogP contribution in [0.2, 0.25) is 0 Å². The van der Waals surface area contributed by atoms with Crippen molar-refractivity contribution in [2.75, 3.05) is 7.11 Å². The number of primary amides is 1. The summed E-state index contributed by atoms with van der Waals surface area (Å²) in [5.41, 5.74) is 5.06. The standard InChI is InChI=1S/C19H18N2O5/c1-26-19(18(20)25,10-12-6-2-3-7-13(12)11-22)21-16(23)14-8-4-5-9-15(14)17(21)24/h2-9,22H,10-11H2,1H3,(H2,20,25)/t19-/m0/s1. The predicted molar refractivity (Wildman–Crippen MR) is 91.9 cm³/mol. The fourth-order valence-electron chi connectivity index (χ4n) is 3.20. The molecule has 0 fully saturated rings. The zero-order valence-electron chi connectivity index (χ0n) is 14.1. The van der Waals surface area contributed by atoms with Crippen molar-refractivity contribution in [3.8, 4) is 0 Å². The molecule has 7 heteroatoms. The number of hydrogen-bond donors (Lipinski definition) is 2. The second-order valence-electron chi connectivity index (χ2n) is 5.95. The van der Waals surface area contributed by atoms with Gasteiger partial charge >= 0.3 is 0 Å². The molecule has 134 valence electrons. The summed E-state index contributed by atoms with van der Waals surface area (Å²) < 4.78 is 5.39. The van der Waals surface area contributed by atoms with E-state index >= 15 is 0 Å². The number of rotatable bonds is 6. The summed E-state index contributed by atoms with van der Waals surface area (Å²) >= 11 is 0. The smallest absolute Gasteiger partial charge is 0.271 e. The van der Waals surface area contributed by atoms with Crippen molar-refractivity contribution in [3.63, 3.8) is 0 Å². The lowest BCUT2D eigenvalue weighted by molar-refractivity contribution is -0.156. The maximum Gasteiger partial charge on any atom is 0.271 e. The molecular weight excluding hydrogens is 336 g/mol. The molecule has 3 rings (SSSR count). The van der Waals surface area contributed by atoms with Gasteiger partial charge in [-0.1, -0.05) is 36.4 Å². The molecule has 1 aliphatic heterocycles. The van der Waals surface area contributed by atoms with E-state index in [1.165, 1.54) is 19.2 Å². The molecule has 7 nitrogen and oxygen atoms in total. The topological polar surface area (TPSA) is 110 Å². The molecular formula is C19H18N2O5. The Morgan fingerprint density at radius 1 is 1.04 bits per heavy atom. The van der Waals surface area contributed by atoms with E-state index in [1.807, 2.05) is 0 Å². The van der Waals surface area contributed by atoms with Crippen LogP contribution in [0, 0.1) is 0 Å². The van der Waals surface area contributed by atoms with Crippen LogP contribution >= 0.6 is 0 Å². The van der Waals surface area contributed by atoms with Crippen LogP contribution in [0.4, 0.5) is 0 Å². The third kappa shape index (κ3) is 2.58. The number of carbonyl (C=O) groups is 3. The van der Waals surface area contributed by atoms with E-state index in [4.69, 9.17) is 10.5 Å². The van der Waals surface area contributed by atoms with Gasteiger partial charge in [0.1, 0.15) is 0 Å². The molecule has 0 aromatic heterocycles. The molecule has 0 aliphatic carbocycles. The lowest BCUT2D eigenvalue weighted by Gasteiger charge is -2.36. The van der Waals surface area contributed by atoms with Crippen LogP contribution in [-0.2, 0) is 22.6 Å². The number of methoxy groups -OCH3 is 1. The maximum absolute atomic E-state index is 12.8. The number of hydrogen-bond acceptors (Lipinski definition) is 5. The Morgan fingerprint density at radius 3 is 2.00 bits per heavy atom. The number of carbonyl (C=O) groups excluding carboxylic acids is 3. The molecule has 0 saturated heterocycles. The second-order valence-corrected chi connectivity index (χ2v) is 5.95. The molecule has 0 radical (unpaired) electrons. The number of amides is 3. The van der Waals surface area contributed by atoms with Crippen LogP contribution in [0.25, 0.3) is 0 Å². The maximum atomic E-state index is 12.8. The van der Waals surface area contributed by atoms with Crippen LogP contribution in [0.1, 0.15) is 31.8 Å². The normalized spacial score (nSPS) is 15.7. The number of benzene rings is 2. The molecule has 26 heavy (non-hydrogen) atoms. The average molecular weight is 354 g/mol. The van der Waals surface area contributed by atoms with Crippen LogP contribution in [0.5, 0.6) is 0 Å². The zero-order chi connectivity index (χ0) is 18.9. The van der Waals surface area contributed by atoms with E-state index in [9.17, 15) is 19.5 Å². The monoisotopic (exact) mass is 354 g/mol. The fourth-order valence-corrected chi connectivity index (χ4v) is 3.20. The van der Waals surface area contributed by atoms with Gasteiger partial charge in [0.2, 0.25) is 5.72 Å². The molecule has 0 unspecified atom stereocenters. The Balaban J connectivity index is 2.11. The lowest BCUT2D eigenvalue weighted by Crippen LogP contribution is -2.62. The van der Waals surface area contributed by atoms with E-state index in [0.717, 1.165) is 4.90 Å². The minimum absolute atomic E-state index is 0.166. The highest BCUT2D eigenvalue weighted by molar-refractivity contribution is 6.23. The Kier molecular flexibility index (Phi) is 4.58. The van der Waals surface area contributed by atoms with Crippen molar-refractivity contribution < 1.29 is 24.2 Å². The highest BCUT2D eigenvalue weighted by Gasteiger charge is 2.53. The first-order valence-electron chi connectivity index (χ1n) is 7.97. The molecule has 0 spiro atoms. The van der Waals surface area contributed by atoms with Crippen molar-refractivity contribution >= 4 is 17.7 Å². The van der Waals surface area contributed by atoms with Gasteiger partial charge in [-0.05, 0) is 23.3 Å². The molecule has 2 aromatic rings. The number of aliphatic hydroxyl groups excluding tert-OH is 1. The third-order valence-electron chi connectivity index (χ3n) is 4.60. The summed E-state index contributed by atoms with van der Waals surface area (Å²) in [5.74, 6) is -2.26. The van der Waals surface area contributed by atoms with Gasteiger partial charge in [-0.15, -0.1) is 0 Å². The van der Waals surface area contributed by atoms with Crippen molar-refractivity contribution in [1.82, 2.24) is 4.90 Å². The summed E-state index contributed by atoms with van der Waals surface area (Å²) in [6.07, 6.45) is -0.166. The Labute approximate surface area is 150 Å². The number of ether oxygens (including phenoxy) is 1. The van der Waals surface area contributed by atoms with Crippen LogP contribution < -0.4 is 5.73 Å². The first-order chi connectivity index (χ1) is 12.5. The number of imide groups is 1. The third-order valence-corrected chi connectivity index (χ3v) is 4.60. The Bertz CT molecular complexity index is 860. The number of fused-ring (bicyclic) bond motifs is 1. The van der Waals surface area contributed by atoms with Crippen LogP contribution in [0.15, 0.2) is 48.5 Å². The van der Waals surface area contributed by atoms with Gasteiger partial charge in [0.25, 0.3) is 17.7 Å². The molecule has 2 aromatic carbocycles. The number of aliphatic hydroxyl groups is 1. The van der Waals surface area contributed by atoms with Crippen molar-refractivity contribution in [2.45, 2.75) is 18.8 Å². The van der Waals surface area contributed by atoms with Crippen LogP contribution in [-0.4, -0.2) is 40.6 Å². The molecule has 0 saturated carbocycles. The Hall–Kier alpha value is -3.03. The Morgan fingerprint density at radius 2 is 1.54 bits per heavy atom. The van der Waals surface area contributed by atoms with Crippen LogP contribution in [0.3, 0.4) is 0 Å². The first-order valence-corrected chi connectivity index (χ1v) is 7.97. The van der Waals surface area contributed by atoms with E-state index in [0.29, 0.717) is 11.1 Å². The SMILES string of the molecule is CO[C@@](Cc1ccccc1CO)(C(N)=O)N1C(=O)c2ccccc2C1=O. The van der Waals surface area contributed by atoms with Gasteiger partial charge in [-0.2, -0.15) is 0 Å². The molecule has 1 aliphatic rings. The first kappa shape index (κ1) is 17.8. The minimum atomic E-state index is -2.00. The predicted octanol–water partition coefficient (Wildman–Crippen LogP) is 0.846. The summed E-state index contributed by atoms with van der Waals surface area (Å²) in [5, 5.41) is 9.53. The summed E-state index contributed by atoms with van der Waals surface area (Å²) in [7, 11) is 1.22. The van der Waals surface area contributed by atoms with Gasteiger partial charge in [-0.25, -0.2) is 4.90 Å². The zero-order valence-corrected chi connectivity index (χ0v) is 14.1. The van der Waals surface area contributed by atoms with Crippen molar-refractivity contribution in [2.24, 2.45) is 5.73 Å². The van der Waals surface area contributed by atoms with E-state index in [1.54, 1.807) is 36.4 Å². The van der Waals surface area contributed by atoms with E-state index < -0.39 is 23.4 Å². The minimum Gasteiger partial charge on any atom is -0.392 e. The number of nitrogens with two attached hydrogens (primary N) is 1. The largest absolute Gasteiger partial charge is 0.392 e. The van der Waals surface area contributed by atoms with Gasteiger partial charge in [0, 0.05) is 13.5 Å². The second kappa shape index (κ2) is 6.70. The number of nitrogens with zero attached hydrogens (tertiary/aromatic N) is 1. The van der Waals surface area contributed by atoms with E-state index in [-0.39, 0.29) is 24.2 Å². The molecule has 3 N–H and O–H groups in total. The van der Waals surface area contributed by atoms with Gasteiger partial charge in [0.05, 0.1) is 17.7 Å². The quantitative estimate of drug-likeness (QED) is 0.747. The lowest BCUT2D eigenvalue weighted by atomic mass is 9.96. The molecule has 1 heterocycles. The summed E-state index contributed by atoms with van der Waals surface area (Å²) in [6, 6.07) is 13.1. The fraction of sp³-hybridized carbons (Fsp3) is 0.211. The van der Waals surface area contributed by atoms with Gasteiger partial charge in [0.15, 0.2) is 0 Å². The van der Waals surface area contributed by atoms with Gasteiger partial charge in [-0.3, -0.25) is 14.4 Å². The van der Waals surface area contributed by atoms with Gasteiger partial charge < -0.3 is 15.6 Å². The molecule has 3 amide bonds. The summed E-state index contributed by atoms with van der Waals surface area (Å²) in [6.45, 7) is -0.267. The van der Waals surface area contributed by atoms with Crippen molar-refractivity contribution in [3.05, 3.63) is 70.8 Å². The highest BCUT2D eigenvalue weighted by Crippen LogP contribution is 2.33.